The summed E-state index contributed by atoms with van der Waals surface area (Å²) >= 11 is 0. The molecule has 4 nitrogen and oxygen atoms in total. The molecule has 0 saturated carbocycles. The van der Waals surface area contributed by atoms with E-state index in [1.165, 1.54) is 0 Å². The highest BCUT2D eigenvalue weighted by molar-refractivity contribution is 6.09. The summed E-state index contributed by atoms with van der Waals surface area (Å²) in [4.78, 5) is 11.6. The van der Waals surface area contributed by atoms with E-state index in [-0.39, 0.29) is 5.78 Å². The lowest BCUT2D eigenvalue weighted by Crippen LogP contribution is -1.98. The van der Waals surface area contributed by atoms with Gasteiger partial charge in [0.25, 0.3) is 0 Å². The lowest BCUT2D eigenvalue weighted by Gasteiger charge is -2.04. The molecule has 0 unspecified atom stereocenters. The summed E-state index contributed by atoms with van der Waals surface area (Å²) in [6.07, 6.45) is 3.38. The maximum atomic E-state index is 11.6. The number of hydrogen-bond acceptors (Lipinski definition) is 3. The summed E-state index contributed by atoms with van der Waals surface area (Å²) in [5.41, 5.74) is 1.48. The fourth-order valence-electron chi connectivity index (χ4n) is 1.93. The fraction of sp³-hybridized carbons (Fsp3) is 0.0833. The first-order valence-electron chi connectivity index (χ1n) is 4.99. The zero-order valence-electron chi connectivity index (χ0n) is 8.71. The molecule has 3 aromatic rings. The van der Waals surface area contributed by atoms with Gasteiger partial charge in [0.1, 0.15) is 6.33 Å². The van der Waals surface area contributed by atoms with Gasteiger partial charge >= 0.3 is 0 Å². The number of fused-ring (bicyclic) bond motifs is 3. The van der Waals surface area contributed by atoms with E-state index in [1.54, 1.807) is 23.8 Å². The van der Waals surface area contributed by atoms with E-state index >= 15 is 0 Å². The zero-order chi connectivity index (χ0) is 11.1. The maximum absolute atomic E-state index is 11.6. The van der Waals surface area contributed by atoms with Crippen LogP contribution in [0, 0.1) is 0 Å². The monoisotopic (exact) mass is 211 g/mol. The highest BCUT2D eigenvalue weighted by atomic mass is 16.1. The molecule has 2 aromatic heterocycles. The largest absolute Gasteiger partial charge is 0.294 e. The molecule has 0 radical (unpaired) electrons. The van der Waals surface area contributed by atoms with Gasteiger partial charge in [0.15, 0.2) is 11.4 Å². The fourth-order valence-corrected chi connectivity index (χ4v) is 1.93. The van der Waals surface area contributed by atoms with Crippen molar-refractivity contribution in [1.82, 2.24) is 14.6 Å². The lowest BCUT2D eigenvalue weighted by molar-refractivity contribution is 0.101. The molecule has 78 valence electrons. The van der Waals surface area contributed by atoms with Crippen molar-refractivity contribution in [3.8, 4) is 0 Å². The Labute approximate surface area is 91.5 Å². The molecule has 0 aliphatic heterocycles. The molecule has 2 heterocycles. The Balaban J connectivity index is 2.60. The van der Waals surface area contributed by atoms with Crippen LogP contribution in [-0.2, 0) is 0 Å². The molecule has 0 bridgehead atoms. The van der Waals surface area contributed by atoms with Crippen LogP contribution >= 0.6 is 0 Å². The van der Waals surface area contributed by atoms with Crippen molar-refractivity contribution in [2.24, 2.45) is 0 Å². The van der Waals surface area contributed by atoms with Gasteiger partial charge in [-0.25, -0.2) is 0 Å². The standard InChI is InChI=1S/C12H9N3O/c1-8(16)11-6-15-7-13-14-12(15)10-5-3-2-4-9(10)11/h2-7H,1H3. The number of hydrogen-bond donors (Lipinski definition) is 0. The minimum Gasteiger partial charge on any atom is -0.294 e. The first kappa shape index (κ1) is 9.03. The van der Waals surface area contributed by atoms with Crippen molar-refractivity contribution >= 4 is 22.2 Å². The van der Waals surface area contributed by atoms with Gasteiger partial charge in [0.2, 0.25) is 0 Å². The molecule has 1 aromatic carbocycles. The van der Waals surface area contributed by atoms with E-state index in [4.69, 9.17) is 0 Å². The summed E-state index contributed by atoms with van der Waals surface area (Å²) in [5, 5.41) is 9.78. The van der Waals surface area contributed by atoms with E-state index in [1.807, 2.05) is 24.3 Å². The first-order valence-corrected chi connectivity index (χ1v) is 4.99. The molecule has 0 atom stereocenters. The van der Waals surface area contributed by atoms with E-state index in [2.05, 4.69) is 10.2 Å². The van der Waals surface area contributed by atoms with E-state index in [0.717, 1.165) is 16.4 Å². The molecule has 16 heavy (non-hydrogen) atoms. The highest BCUT2D eigenvalue weighted by Crippen LogP contribution is 2.22. The Bertz CT molecular complexity index is 700. The third-order valence-corrected chi connectivity index (χ3v) is 2.68. The quantitative estimate of drug-likeness (QED) is 0.579. The van der Waals surface area contributed by atoms with Crippen LogP contribution in [0.5, 0.6) is 0 Å². The third-order valence-electron chi connectivity index (χ3n) is 2.68. The smallest absolute Gasteiger partial charge is 0.168 e. The van der Waals surface area contributed by atoms with Gasteiger partial charge in [-0.1, -0.05) is 24.3 Å². The second-order valence-corrected chi connectivity index (χ2v) is 3.71. The number of nitrogens with zero attached hydrogens (tertiary/aromatic N) is 3. The topological polar surface area (TPSA) is 47.3 Å². The van der Waals surface area contributed by atoms with E-state index in [0.29, 0.717) is 5.56 Å². The van der Waals surface area contributed by atoms with E-state index in [9.17, 15) is 4.79 Å². The number of benzene rings is 1. The van der Waals surface area contributed by atoms with Crippen molar-refractivity contribution in [3.05, 3.63) is 42.4 Å². The number of aromatic nitrogens is 3. The third kappa shape index (κ3) is 1.13. The second-order valence-electron chi connectivity index (χ2n) is 3.71. The number of ketones is 1. The number of carbonyl (C=O) groups excluding carboxylic acids is 1. The van der Waals surface area contributed by atoms with Crippen LogP contribution in [-0.4, -0.2) is 20.4 Å². The van der Waals surface area contributed by atoms with Crippen LogP contribution in [0.25, 0.3) is 16.4 Å². The summed E-state index contributed by atoms with van der Waals surface area (Å²) in [5.74, 6) is 0.0480. The zero-order valence-corrected chi connectivity index (χ0v) is 8.71. The number of carbonyl (C=O) groups is 1. The summed E-state index contributed by atoms with van der Waals surface area (Å²) in [7, 11) is 0. The predicted molar refractivity (Wildman–Crippen MR) is 60.5 cm³/mol. The minimum atomic E-state index is 0.0480. The maximum Gasteiger partial charge on any atom is 0.168 e. The van der Waals surface area contributed by atoms with Crippen molar-refractivity contribution in [3.63, 3.8) is 0 Å². The Morgan fingerprint density at radius 1 is 1.25 bits per heavy atom. The van der Waals surface area contributed by atoms with Crippen LogP contribution in [0.2, 0.25) is 0 Å². The Hall–Kier alpha value is -2.23. The van der Waals surface area contributed by atoms with Gasteiger partial charge in [-0.15, -0.1) is 10.2 Å². The van der Waals surface area contributed by atoms with Crippen molar-refractivity contribution < 1.29 is 4.79 Å². The average Bonchev–Trinajstić information content (AvgIpc) is 2.75. The first-order chi connectivity index (χ1) is 7.77. The lowest BCUT2D eigenvalue weighted by atomic mass is 10.1. The Morgan fingerprint density at radius 3 is 2.75 bits per heavy atom. The molecular weight excluding hydrogens is 202 g/mol. The molecule has 3 rings (SSSR count). The molecule has 0 spiro atoms. The van der Waals surface area contributed by atoms with Gasteiger partial charge in [-0.3, -0.25) is 9.20 Å². The second kappa shape index (κ2) is 3.13. The summed E-state index contributed by atoms with van der Waals surface area (Å²) < 4.78 is 1.78. The van der Waals surface area contributed by atoms with Gasteiger partial charge in [-0.05, 0) is 12.3 Å². The molecular formula is C12H9N3O. The highest BCUT2D eigenvalue weighted by Gasteiger charge is 2.10. The Morgan fingerprint density at radius 2 is 2.00 bits per heavy atom. The van der Waals surface area contributed by atoms with Crippen molar-refractivity contribution in [1.29, 1.82) is 0 Å². The van der Waals surface area contributed by atoms with Crippen molar-refractivity contribution in [2.75, 3.05) is 0 Å². The van der Waals surface area contributed by atoms with Crippen LogP contribution in [0.4, 0.5) is 0 Å². The molecule has 0 aliphatic carbocycles. The van der Waals surface area contributed by atoms with Crippen LogP contribution in [0.3, 0.4) is 0 Å². The predicted octanol–water partition coefficient (Wildman–Crippen LogP) is 2.09. The van der Waals surface area contributed by atoms with Gasteiger partial charge in [-0.2, -0.15) is 0 Å². The molecule has 0 amide bonds. The normalized spacial score (nSPS) is 11.1. The van der Waals surface area contributed by atoms with Crippen molar-refractivity contribution in [2.45, 2.75) is 6.92 Å². The molecule has 4 heteroatoms. The SMILES string of the molecule is CC(=O)c1cn2cnnc2c2ccccc12. The van der Waals surface area contributed by atoms with Crippen LogP contribution < -0.4 is 0 Å². The molecule has 0 aliphatic rings. The summed E-state index contributed by atoms with van der Waals surface area (Å²) in [6, 6.07) is 7.73. The molecule has 0 N–H and O–H groups in total. The number of rotatable bonds is 1. The number of pyridine rings is 1. The average molecular weight is 211 g/mol. The van der Waals surface area contributed by atoms with Crippen LogP contribution in [0.1, 0.15) is 17.3 Å². The van der Waals surface area contributed by atoms with Gasteiger partial charge < -0.3 is 0 Å². The summed E-state index contributed by atoms with van der Waals surface area (Å²) in [6.45, 7) is 1.57. The molecule has 0 saturated heterocycles. The minimum absolute atomic E-state index is 0.0480. The number of Topliss-reactive ketones (excluding diaryl/α,β-unsaturated/α-hetero) is 1. The molecule has 0 fully saturated rings. The Kier molecular flexibility index (Phi) is 1.77. The van der Waals surface area contributed by atoms with Gasteiger partial charge in [0.05, 0.1) is 0 Å². The van der Waals surface area contributed by atoms with E-state index < -0.39 is 0 Å². The van der Waals surface area contributed by atoms with Gasteiger partial charge in [0, 0.05) is 17.1 Å². The van der Waals surface area contributed by atoms with Crippen LogP contribution in [0.15, 0.2) is 36.8 Å².